The van der Waals surface area contributed by atoms with E-state index in [0.29, 0.717) is 11.3 Å². The summed E-state index contributed by atoms with van der Waals surface area (Å²) in [5.41, 5.74) is 0.900. The fourth-order valence-corrected chi connectivity index (χ4v) is 3.69. The van der Waals surface area contributed by atoms with Gasteiger partial charge >= 0.3 is 0 Å². The Morgan fingerprint density at radius 2 is 1.87 bits per heavy atom. The molecule has 0 bridgehead atoms. The zero-order chi connectivity index (χ0) is 17.0. The Balaban J connectivity index is 2.48. The summed E-state index contributed by atoms with van der Waals surface area (Å²) in [6, 6.07) is 3.52. The summed E-state index contributed by atoms with van der Waals surface area (Å²) >= 11 is 1.32. The maximum atomic E-state index is 13.5. The van der Waals surface area contributed by atoms with Crippen LogP contribution in [-0.2, 0) is 13.0 Å². The molecule has 126 valence electrons. The first-order chi connectivity index (χ1) is 11.0. The molecule has 6 heteroatoms. The first-order valence-corrected chi connectivity index (χ1v) is 8.62. The number of imidazole rings is 1. The largest absolute Gasteiger partial charge is 0.396 e. The summed E-state index contributed by atoms with van der Waals surface area (Å²) in [6.45, 7) is 6.93. The third-order valence-electron chi connectivity index (χ3n) is 3.41. The number of halogens is 2. The number of aliphatic hydroxyl groups excluding tert-OH is 1. The van der Waals surface area contributed by atoms with E-state index in [-0.39, 0.29) is 12.5 Å². The fourth-order valence-electron chi connectivity index (χ4n) is 2.43. The summed E-state index contributed by atoms with van der Waals surface area (Å²) in [7, 11) is 0. The van der Waals surface area contributed by atoms with E-state index in [4.69, 9.17) is 0 Å². The van der Waals surface area contributed by atoms with Crippen LogP contribution in [0.3, 0.4) is 0 Å². The van der Waals surface area contributed by atoms with Crippen molar-refractivity contribution in [2.75, 3.05) is 6.61 Å². The van der Waals surface area contributed by atoms with Crippen LogP contribution in [0.1, 0.15) is 44.6 Å². The molecule has 1 heterocycles. The first-order valence-electron chi connectivity index (χ1n) is 7.80. The number of hydrogen-bond acceptors (Lipinski definition) is 3. The molecule has 0 aliphatic carbocycles. The predicted molar refractivity (Wildman–Crippen MR) is 87.9 cm³/mol. The van der Waals surface area contributed by atoms with Crippen molar-refractivity contribution in [2.24, 2.45) is 0 Å². The minimum Gasteiger partial charge on any atom is -0.396 e. The standard InChI is InChI=1S/C17H22F2N2OS/c1-4-6-21-15(5-7-22)20-16(11(2)3)17(21)23-14-9-12(18)8-13(19)10-14/h8-11,22H,4-7H2,1-3H3. The Labute approximate surface area is 139 Å². The van der Waals surface area contributed by atoms with Gasteiger partial charge in [0, 0.05) is 23.9 Å². The minimum atomic E-state index is -0.587. The van der Waals surface area contributed by atoms with E-state index in [1.165, 1.54) is 23.9 Å². The van der Waals surface area contributed by atoms with Crippen LogP contribution in [0, 0.1) is 11.6 Å². The quantitative estimate of drug-likeness (QED) is 0.813. The number of nitrogens with zero attached hydrogens (tertiary/aromatic N) is 2. The Morgan fingerprint density at radius 1 is 1.22 bits per heavy atom. The van der Waals surface area contributed by atoms with Gasteiger partial charge in [0.25, 0.3) is 0 Å². The molecule has 3 nitrogen and oxygen atoms in total. The smallest absolute Gasteiger partial charge is 0.127 e. The van der Waals surface area contributed by atoms with Crippen LogP contribution in [0.25, 0.3) is 0 Å². The second-order valence-corrected chi connectivity index (χ2v) is 6.77. The van der Waals surface area contributed by atoms with Crippen molar-refractivity contribution in [1.29, 1.82) is 0 Å². The Kier molecular flexibility index (Phi) is 6.18. The molecule has 0 aliphatic rings. The maximum absolute atomic E-state index is 13.5. The predicted octanol–water partition coefficient (Wildman–Crippen LogP) is 4.38. The average Bonchev–Trinajstić information content (AvgIpc) is 2.77. The molecule has 1 aromatic carbocycles. The second-order valence-electron chi connectivity index (χ2n) is 5.71. The van der Waals surface area contributed by atoms with Gasteiger partial charge in [0.05, 0.1) is 12.3 Å². The van der Waals surface area contributed by atoms with E-state index in [9.17, 15) is 13.9 Å². The summed E-state index contributed by atoms with van der Waals surface area (Å²) in [6.07, 6.45) is 1.38. The molecular formula is C17H22F2N2OS. The van der Waals surface area contributed by atoms with Gasteiger partial charge in [0.2, 0.25) is 0 Å². The molecule has 1 aromatic heterocycles. The Morgan fingerprint density at radius 3 is 2.39 bits per heavy atom. The molecule has 23 heavy (non-hydrogen) atoms. The van der Waals surface area contributed by atoms with Gasteiger partial charge < -0.3 is 9.67 Å². The van der Waals surface area contributed by atoms with E-state index in [1.807, 2.05) is 13.8 Å². The highest BCUT2D eigenvalue weighted by molar-refractivity contribution is 7.99. The molecule has 0 radical (unpaired) electrons. The zero-order valence-electron chi connectivity index (χ0n) is 13.6. The normalized spacial score (nSPS) is 11.4. The molecule has 0 fully saturated rings. The summed E-state index contributed by atoms with van der Waals surface area (Å²) in [4.78, 5) is 5.16. The number of hydrogen-bond donors (Lipinski definition) is 1. The lowest BCUT2D eigenvalue weighted by Gasteiger charge is -2.12. The highest BCUT2D eigenvalue weighted by atomic mass is 32.2. The Hall–Kier alpha value is -1.40. The van der Waals surface area contributed by atoms with Crippen LogP contribution >= 0.6 is 11.8 Å². The number of benzene rings is 1. The van der Waals surface area contributed by atoms with Crippen LogP contribution < -0.4 is 0 Å². The molecule has 0 saturated carbocycles. The van der Waals surface area contributed by atoms with Gasteiger partial charge in [-0.25, -0.2) is 13.8 Å². The van der Waals surface area contributed by atoms with Gasteiger partial charge in [-0.2, -0.15) is 0 Å². The van der Waals surface area contributed by atoms with E-state index in [1.54, 1.807) is 0 Å². The van der Waals surface area contributed by atoms with Crippen LogP contribution in [0.15, 0.2) is 28.1 Å². The minimum absolute atomic E-state index is 0.0248. The van der Waals surface area contributed by atoms with Gasteiger partial charge in [-0.15, -0.1) is 0 Å². The van der Waals surface area contributed by atoms with E-state index in [2.05, 4.69) is 16.5 Å². The van der Waals surface area contributed by atoms with Crippen molar-refractivity contribution in [3.8, 4) is 0 Å². The highest BCUT2D eigenvalue weighted by Crippen LogP contribution is 2.35. The van der Waals surface area contributed by atoms with Gasteiger partial charge in [-0.05, 0) is 24.5 Å². The molecule has 0 spiro atoms. The van der Waals surface area contributed by atoms with Gasteiger partial charge in [0.15, 0.2) is 0 Å². The van der Waals surface area contributed by atoms with Crippen LogP contribution in [0.5, 0.6) is 0 Å². The molecule has 1 N–H and O–H groups in total. The molecule has 0 unspecified atom stereocenters. The Bertz CT molecular complexity index is 651. The van der Waals surface area contributed by atoms with Crippen molar-refractivity contribution < 1.29 is 13.9 Å². The molecule has 0 saturated heterocycles. The fraction of sp³-hybridized carbons (Fsp3) is 0.471. The van der Waals surface area contributed by atoms with Crippen molar-refractivity contribution in [3.63, 3.8) is 0 Å². The lowest BCUT2D eigenvalue weighted by atomic mass is 10.1. The van der Waals surface area contributed by atoms with Crippen molar-refractivity contribution in [2.45, 2.75) is 56.0 Å². The topological polar surface area (TPSA) is 38.0 Å². The molecule has 2 rings (SSSR count). The maximum Gasteiger partial charge on any atom is 0.127 e. The molecule has 0 atom stereocenters. The van der Waals surface area contributed by atoms with Crippen molar-refractivity contribution in [1.82, 2.24) is 9.55 Å². The van der Waals surface area contributed by atoms with Crippen LogP contribution in [-0.4, -0.2) is 21.3 Å². The van der Waals surface area contributed by atoms with Gasteiger partial charge in [-0.1, -0.05) is 32.5 Å². The molecule has 0 amide bonds. The molecule has 0 aliphatic heterocycles. The number of rotatable bonds is 7. The summed E-state index contributed by atoms with van der Waals surface area (Å²) in [5.74, 6) is -0.171. The highest BCUT2D eigenvalue weighted by Gasteiger charge is 2.20. The second kappa shape index (κ2) is 7.93. The number of aliphatic hydroxyl groups is 1. The SMILES string of the molecule is CCCn1c(CCO)nc(C(C)C)c1Sc1cc(F)cc(F)c1. The monoisotopic (exact) mass is 340 g/mol. The molecule has 2 aromatic rings. The van der Waals surface area contributed by atoms with Crippen molar-refractivity contribution in [3.05, 3.63) is 41.4 Å². The summed E-state index contributed by atoms with van der Waals surface area (Å²) < 4.78 is 29.0. The average molecular weight is 340 g/mol. The lowest BCUT2D eigenvalue weighted by Crippen LogP contribution is -2.06. The lowest BCUT2D eigenvalue weighted by molar-refractivity contribution is 0.294. The third kappa shape index (κ3) is 4.32. The van der Waals surface area contributed by atoms with E-state index in [0.717, 1.165) is 35.6 Å². The van der Waals surface area contributed by atoms with Crippen LogP contribution in [0.4, 0.5) is 8.78 Å². The van der Waals surface area contributed by atoms with Gasteiger partial charge in [-0.3, -0.25) is 0 Å². The summed E-state index contributed by atoms with van der Waals surface area (Å²) in [5, 5.41) is 10.2. The zero-order valence-corrected chi connectivity index (χ0v) is 14.5. The molecular weight excluding hydrogens is 318 g/mol. The van der Waals surface area contributed by atoms with Crippen molar-refractivity contribution >= 4 is 11.8 Å². The van der Waals surface area contributed by atoms with Crippen LogP contribution in [0.2, 0.25) is 0 Å². The van der Waals surface area contributed by atoms with E-state index < -0.39 is 11.6 Å². The number of aromatic nitrogens is 2. The third-order valence-corrected chi connectivity index (χ3v) is 4.50. The first kappa shape index (κ1) is 17.9. The van der Waals surface area contributed by atoms with Gasteiger partial charge in [0.1, 0.15) is 22.5 Å². The van der Waals surface area contributed by atoms with E-state index >= 15 is 0 Å².